The van der Waals surface area contributed by atoms with E-state index in [1.54, 1.807) is 4.90 Å². The van der Waals surface area contributed by atoms with Crippen LogP contribution >= 0.6 is 0 Å². The Hall–Kier alpha value is -0.170. The number of piperidine rings is 1. The van der Waals surface area contributed by atoms with Gasteiger partial charge in [0.05, 0.1) is 0 Å². The zero-order valence-corrected chi connectivity index (χ0v) is 9.78. The van der Waals surface area contributed by atoms with Gasteiger partial charge in [0.15, 0.2) is 0 Å². The Morgan fingerprint density at radius 3 is 2.33 bits per heavy atom. The highest BCUT2D eigenvalue weighted by Crippen LogP contribution is 2.22. The summed E-state index contributed by atoms with van der Waals surface area (Å²) in [7, 11) is -3.96. The summed E-state index contributed by atoms with van der Waals surface area (Å²) in [6.07, 6.45) is 2.56. The van der Waals surface area contributed by atoms with Gasteiger partial charge < -0.3 is 5.11 Å². The monoisotopic (exact) mass is 237 g/mol. The molecule has 5 nitrogen and oxygen atoms in total. The average molecular weight is 237 g/mol. The molecule has 0 saturated carbocycles. The summed E-state index contributed by atoms with van der Waals surface area (Å²) in [6, 6.07) is 0. The van der Waals surface area contributed by atoms with Gasteiger partial charge in [0.25, 0.3) is 10.1 Å². The van der Waals surface area contributed by atoms with Crippen molar-refractivity contribution in [1.29, 1.82) is 0 Å². The lowest BCUT2D eigenvalue weighted by atomic mass is 9.94. The van der Waals surface area contributed by atoms with Crippen molar-refractivity contribution in [3.8, 4) is 0 Å². The van der Waals surface area contributed by atoms with Crippen molar-refractivity contribution in [3.05, 3.63) is 0 Å². The Labute approximate surface area is 90.8 Å². The molecule has 1 saturated heterocycles. The van der Waals surface area contributed by atoms with Gasteiger partial charge in [-0.15, -0.1) is 0 Å². The summed E-state index contributed by atoms with van der Waals surface area (Å²) in [4.78, 5) is 1.77. The molecule has 0 spiro atoms. The first-order valence-electron chi connectivity index (χ1n) is 5.26. The SMILES string of the molecule is CC(N1CCC(CCO)CC1)S(=O)(=O)O. The molecule has 1 atom stereocenters. The molecule has 0 bridgehead atoms. The zero-order chi connectivity index (χ0) is 11.5. The van der Waals surface area contributed by atoms with E-state index in [2.05, 4.69) is 0 Å². The second-order valence-corrected chi connectivity index (χ2v) is 5.82. The summed E-state index contributed by atoms with van der Waals surface area (Å²) < 4.78 is 30.7. The molecular formula is C9H19NO4S. The lowest BCUT2D eigenvalue weighted by Crippen LogP contribution is -2.43. The fraction of sp³-hybridized carbons (Fsp3) is 1.00. The summed E-state index contributed by atoms with van der Waals surface area (Å²) in [6.45, 7) is 3.04. The van der Waals surface area contributed by atoms with Gasteiger partial charge in [-0.2, -0.15) is 8.42 Å². The number of hydrogen-bond acceptors (Lipinski definition) is 4. The van der Waals surface area contributed by atoms with Gasteiger partial charge in [0, 0.05) is 6.61 Å². The zero-order valence-electron chi connectivity index (χ0n) is 8.96. The molecule has 1 rings (SSSR count). The largest absolute Gasteiger partial charge is 0.396 e. The van der Waals surface area contributed by atoms with Gasteiger partial charge in [-0.25, -0.2) is 0 Å². The normalized spacial score (nSPS) is 22.9. The minimum atomic E-state index is -3.96. The molecule has 0 aromatic heterocycles. The van der Waals surface area contributed by atoms with E-state index in [1.807, 2.05) is 0 Å². The van der Waals surface area contributed by atoms with E-state index in [1.165, 1.54) is 6.92 Å². The van der Waals surface area contributed by atoms with Crippen molar-refractivity contribution in [3.63, 3.8) is 0 Å². The van der Waals surface area contributed by atoms with Crippen LogP contribution in [0.4, 0.5) is 0 Å². The molecule has 15 heavy (non-hydrogen) atoms. The van der Waals surface area contributed by atoms with Crippen molar-refractivity contribution in [2.45, 2.75) is 31.6 Å². The third-order valence-electron chi connectivity index (χ3n) is 3.13. The number of aliphatic hydroxyl groups excluding tert-OH is 1. The molecule has 0 radical (unpaired) electrons. The molecule has 0 aromatic carbocycles. The van der Waals surface area contributed by atoms with Gasteiger partial charge in [0.2, 0.25) is 0 Å². The standard InChI is InChI=1S/C9H19NO4S/c1-8(15(12,13)14)10-5-2-9(3-6-10)4-7-11/h8-9,11H,2-7H2,1H3,(H,12,13,14). The lowest BCUT2D eigenvalue weighted by Gasteiger charge is -2.34. The van der Waals surface area contributed by atoms with E-state index in [0.717, 1.165) is 19.3 Å². The van der Waals surface area contributed by atoms with E-state index < -0.39 is 15.5 Å². The Bertz CT molecular complexity index is 282. The fourth-order valence-electron chi connectivity index (χ4n) is 1.98. The molecule has 0 aromatic rings. The van der Waals surface area contributed by atoms with Crippen LogP contribution in [-0.4, -0.2) is 48.0 Å². The number of aliphatic hydroxyl groups is 1. The fourth-order valence-corrected chi connectivity index (χ4v) is 2.56. The number of rotatable bonds is 4. The van der Waals surface area contributed by atoms with Crippen molar-refractivity contribution < 1.29 is 18.1 Å². The third kappa shape index (κ3) is 3.71. The van der Waals surface area contributed by atoms with Crippen LogP contribution in [0.5, 0.6) is 0 Å². The van der Waals surface area contributed by atoms with Crippen molar-refractivity contribution in [1.82, 2.24) is 4.90 Å². The van der Waals surface area contributed by atoms with Crippen LogP contribution in [0.15, 0.2) is 0 Å². The maximum Gasteiger partial charge on any atom is 0.280 e. The van der Waals surface area contributed by atoms with E-state index in [4.69, 9.17) is 9.66 Å². The highest BCUT2D eigenvalue weighted by atomic mass is 32.2. The van der Waals surface area contributed by atoms with Gasteiger partial charge in [-0.05, 0) is 45.2 Å². The number of nitrogens with zero attached hydrogens (tertiary/aromatic N) is 1. The molecular weight excluding hydrogens is 218 g/mol. The van der Waals surface area contributed by atoms with Crippen LogP contribution in [0, 0.1) is 5.92 Å². The number of likely N-dealkylation sites (tertiary alicyclic amines) is 1. The maximum atomic E-state index is 10.9. The van der Waals surface area contributed by atoms with E-state index >= 15 is 0 Å². The van der Waals surface area contributed by atoms with E-state index in [-0.39, 0.29) is 6.61 Å². The second-order valence-electron chi connectivity index (χ2n) is 4.11. The molecule has 1 aliphatic heterocycles. The van der Waals surface area contributed by atoms with Crippen molar-refractivity contribution in [2.75, 3.05) is 19.7 Å². The molecule has 0 amide bonds. The Morgan fingerprint density at radius 2 is 1.93 bits per heavy atom. The summed E-state index contributed by atoms with van der Waals surface area (Å²) in [5.74, 6) is 0.486. The molecule has 1 heterocycles. The van der Waals surface area contributed by atoms with Crippen LogP contribution in [-0.2, 0) is 10.1 Å². The van der Waals surface area contributed by atoms with Crippen LogP contribution in [0.25, 0.3) is 0 Å². The minimum Gasteiger partial charge on any atom is -0.396 e. The first-order chi connectivity index (χ1) is 6.95. The molecule has 0 aliphatic carbocycles. The van der Waals surface area contributed by atoms with Crippen LogP contribution < -0.4 is 0 Å². The Morgan fingerprint density at radius 1 is 1.40 bits per heavy atom. The summed E-state index contributed by atoms with van der Waals surface area (Å²) in [5.41, 5.74) is 0. The minimum absolute atomic E-state index is 0.193. The third-order valence-corrected chi connectivity index (χ3v) is 4.29. The molecule has 1 aliphatic rings. The molecule has 2 N–H and O–H groups in total. The van der Waals surface area contributed by atoms with Gasteiger partial charge in [0.1, 0.15) is 5.37 Å². The van der Waals surface area contributed by atoms with E-state index in [0.29, 0.717) is 19.0 Å². The molecule has 6 heteroatoms. The summed E-state index contributed by atoms with van der Waals surface area (Å²) in [5, 5.41) is 7.96. The van der Waals surface area contributed by atoms with Crippen molar-refractivity contribution in [2.24, 2.45) is 5.92 Å². The molecule has 1 unspecified atom stereocenters. The number of hydrogen-bond donors (Lipinski definition) is 2. The van der Waals surface area contributed by atoms with Gasteiger partial charge in [-0.3, -0.25) is 9.45 Å². The van der Waals surface area contributed by atoms with Crippen molar-refractivity contribution >= 4 is 10.1 Å². The van der Waals surface area contributed by atoms with E-state index in [9.17, 15) is 8.42 Å². The first kappa shape index (κ1) is 12.9. The topological polar surface area (TPSA) is 77.8 Å². The smallest absolute Gasteiger partial charge is 0.280 e. The highest BCUT2D eigenvalue weighted by molar-refractivity contribution is 7.86. The lowest BCUT2D eigenvalue weighted by molar-refractivity contribution is 0.148. The van der Waals surface area contributed by atoms with Gasteiger partial charge >= 0.3 is 0 Å². The predicted octanol–water partition coefficient (Wildman–Crippen LogP) is 0.315. The quantitative estimate of drug-likeness (QED) is 0.688. The Kier molecular flexibility index (Phi) is 4.51. The summed E-state index contributed by atoms with van der Waals surface area (Å²) >= 11 is 0. The first-order valence-corrected chi connectivity index (χ1v) is 6.76. The highest BCUT2D eigenvalue weighted by Gasteiger charge is 2.28. The molecule has 90 valence electrons. The van der Waals surface area contributed by atoms with Crippen LogP contribution in [0.3, 0.4) is 0 Å². The predicted molar refractivity (Wildman–Crippen MR) is 57.0 cm³/mol. The second kappa shape index (κ2) is 5.25. The molecule has 1 fully saturated rings. The average Bonchev–Trinajstić information content (AvgIpc) is 2.17. The maximum absolute atomic E-state index is 10.9. The van der Waals surface area contributed by atoms with Crippen LogP contribution in [0.2, 0.25) is 0 Å². The van der Waals surface area contributed by atoms with Crippen LogP contribution in [0.1, 0.15) is 26.2 Å². The Balaban J connectivity index is 2.44. The van der Waals surface area contributed by atoms with Gasteiger partial charge in [-0.1, -0.05) is 0 Å².